The average Bonchev–Trinajstić information content (AvgIpc) is 3.24. The van der Waals surface area contributed by atoms with Gasteiger partial charge >= 0.3 is 0 Å². The Bertz CT molecular complexity index is 1170. The highest BCUT2D eigenvalue weighted by atomic mass is 16.6. The van der Waals surface area contributed by atoms with Crippen molar-refractivity contribution < 1.29 is 14.3 Å². The Morgan fingerprint density at radius 3 is 2.39 bits per heavy atom. The summed E-state index contributed by atoms with van der Waals surface area (Å²) in [5.74, 6) is 2.67. The summed E-state index contributed by atoms with van der Waals surface area (Å²) >= 11 is 0. The van der Waals surface area contributed by atoms with Gasteiger partial charge in [-0.2, -0.15) is 0 Å². The minimum absolute atomic E-state index is 0.0811. The number of amides is 1. The number of carbonyl (C=O) groups excluding carboxylic acids is 1. The third-order valence-electron chi connectivity index (χ3n) is 6.64. The number of benzene rings is 1. The second kappa shape index (κ2) is 11.8. The van der Waals surface area contributed by atoms with Crippen LogP contribution in [0.25, 0.3) is 16.9 Å². The molecule has 194 valence electrons. The summed E-state index contributed by atoms with van der Waals surface area (Å²) in [5, 5.41) is 0. The number of hydrogen-bond acceptors (Lipinski definition) is 5. The lowest BCUT2D eigenvalue weighted by Crippen LogP contribution is -2.34. The minimum Gasteiger partial charge on any atom is -0.486 e. The molecule has 0 spiro atoms. The first-order chi connectivity index (χ1) is 17.4. The fourth-order valence-electron chi connectivity index (χ4n) is 4.48. The minimum atomic E-state index is 0.0811. The van der Waals surface area contributed by atoms with Gasteiger partial charge in [0.2, 0.25) is 0 Å². The summed E-state index contributed by atoms with van der Waals surface area (Å²) in [6.07, 6.45) is 5.54. The molecule has 1 aromatic carbocycles. The van der Waals surface area contributed by atoms with Gasteiger partial charge in [0.1, 0.15) is 18.9 Å². The van der Waals surface area contributed by atoms with Crippen LogP contribution in [0.4, 0.5) is 0 Å². The molecule has 4 rings (SSSR count). The molecule has 36 heavy (non-hydrogen) atoms. The molecular weight excluding hydrogens is 452 g/mol. The number of nitrogens with zero attached hydrogens (tertiary/aromatic N) is 3. The van der Waals surface area contributed by atoms with Gasteiger partial charge in [0.15, 0.2) is 11.5 Å². The summed E-state index contributed by atoms with van der Waals surface area (Å²) in [4.78, 5) is 20.6. The van der Waals surface area contributed by atoms with Crippen LogP contribution in [0.15, 0.2) is 36.5 Å². The fourth-order valence-corrected chi connectivity index (χ4v) is 4.48. The van der Waals surface area contributed by atoms with E-state index in [1.54, 1.807) is 0 Å². The van der Waals surface area contributed by atoms with Crippen molar-refractivity contribution in [2.24, 2.45) is 17.6 Å². The first-order valence-corrected chi connectivity index (χ1v) is 13.3. The van der Waals surface area contributed by atoms with Crippen molar-refractivity contribution in [2.75, 3.05) is 32.8 Å². The number of ether oxygens (including phenoxy) is 2. The Morgan fingerprint density at radius 1 is 1.03 bits per heavy atom. The summed E-state index contributed by atoms with van der Waals surface area (Å²) in [5.41, 5.74) is 10.3. The molecule has 7 nitrogen and oxygen atoms in total. The number of nitrogens with two attached hydrogens (primary N) is 1. The highest BCUT2D eigenvalue weighted by molar-refractivity contribution is 5.94. The van der Waals surface area contributed by atoms with Gasteiger partial charge < -0.3 is 24.5 Å². The second-order valence-electron chi connectivity index (χ2n) is 10.5. The van der Waals surface area contributed by atoms with Gasteiger partial charge in [0.25, 0.3) is 5.91 Å². The third-order valence-corrected chi connectivity index (χ3v) is 6.64. The Labute approximate surface area is 214 Å². The Kier molecular flexibility index (Phi) is 8.52. The van der Waals surface area contributed by atoms with Gasteiger partial charge in [-0.3, -0.25) is 4.79 Å². The Hall–Kier alpha value is -3.06. The lowest BCUT2D eigenvalue weighted by atomic mass is 10.1. The standard InChI is InChI=1S/C29H40N4O3/c1-20(2)11-14-32(15-12-21(3)4)29(34)23-8-10-27-31-28(24(6-5-13-30)33(27)19-23)22-7-9-25-26(18-22)36-17-16-35-25/h7-10,18-21H,5-6,11-17,30H2,1-4H3. The molecule has 7 heteroatoms. The molecule has 0 saturated carbocycles. The van der Waals surface area contributed by atoms with Gasteiger partial charge in [0, 0.05) is 24.8 Å². The highest BCUT2D eigenvalue weighted by Crippen LogP contribution is 2.36. The van der Waals surface area contributed by atoms with E-state index in [1.807, 2.05) is 41.4 Å². The molecule has 2 N–H and O–H groups in total. The molecule has 1 aliphatic heterocycles. The predicted molar refractivity (Wildman–Crippen MR) is 144 cm³/mol. The Morgan fingerprint density at radius 2 is 1.72 bits per heavy atom. The molecule has 0 unspecified atom stereocenters. The van der Waals surface area contributed by atoms with Gasteiger partial charge in [0.05, 0.1) is 17.0 Å². The molecule has 0 atom stereocenters. The number of fused-ring (bicyclic) bond motifs is 2. The maximum atomic E-state index is 13.6. The zero-order valence-electron chi connectivity index (χ0n) is 22.1. The first-order valence-electron chi connectivity index (χ1n) is 13.3. The number of aromatic nitrogens is 2. The predicted octanol–water partition coefficient (Wildman–Crippen LogP) is 5.20. The van der Waals surface area contributed by atoms with Crippen LogP contribution in [-0.2, 0) is 6.42 Å². The van der Waals surface area contributed by atoms with E-state index in [0.29, 0.717) is 37.2 Å². The maximum Gasteiger partial charge on any atom is 0.255 e. The van der Waals surface area contributed by atoms with Crippen molar-refractivity contribution in [1.82, 2.24) is 14.3 Å². The van der Waals surface area contributed by atoms with Crippen molar-refractivity contribution in [3.63, 3.8) is 0 Å². The number of carbonyl (C=O) groups is 1. The van der Waals surface area contributed by atoms with Crippen molar-refractivity contribution >= 4 is 11.6 Å². The van der Waals surface area contributed by atoms with Gasteiger partial charge in [-0.05, 0) is 74.4 Å². The smallest absolute Gasteiger partial charge is 0.255 e. The van der Waals surface area contributed by atoms with Crippen molar-refractivity contribution in [3.05, 3.63) is 47.8 Å². The molecule has 3 heterocycles. The van der Waals surface area contributed by atoms with Crippen molar-refractivity contribution in [1.29, 1.82) is 0 Å². The van der Waals surface area contributed by atoms with Gasteiger partial charge in [-0.1, -0.05) is 27.7 Å². The van der Waals surface area contributed by atoms with Gasteiger partial charge in [-0.25, -0.2) is 4.98 Å². The number of hydrogen-bond donors (Lipinski definition) is 1. The third kappa shape index (κ3) is 6.01. The summed E-state index contributed by atoms with van der Waals surface area (Å²) in [6, 6.07) is 9.81. The Balaban J connectivity index is 1.70. The lowest BCUT2D eigenvalue weighted by molar-refractivity contribution is 0.0740. The fraction of sp³-hybridized carbons (Fsp3) is 0.517. The summed E-state index contributed by atoms with van der Waals surface area (Å²) < 4.78 is 13.6. The largest absolute Gasteiger partial charge is 0.486 e. The van der Waals surface area contributed by atoms with E-state index in [0.717, 1.165) is 72.9 Å². The number of rotatable bonds is 11. The average molecular weight is 493 g/mol. The molecule has 2 aromatic heterocycles. The van der Waals surface area contributed by atoms with Gasteiger partial charge in [-0.15, -0.1) is 0 Å². The molecule has 0 aliphatic carbocycles. The topological polar surface area (TPSA) is 82.1 Å². The zero-order chi connectivity index (χ0) is 25.7. The van der Waals surface area contributed by atoms with E-state index in [4.69, 9.17) is 20.2 Å². The quantitative estimate of drug-likeness (QED) is 0.398. The van der Waals surface area contributed by atoms with Crippen LogP contribution >= 0.6 is 0 Å². The van der Waals surface area contributed by atoms with E-state index >= 15 is 0 Å². The second-order valence-corrected chi connectivity index (χ2v) is 10.5. The zero-order valence-corrected chi connectivity index (χ0v) is 22.1. The summed E-state index contributed by atoms with van der Waals surface area (Å²) in [6.45, 7) is 12.0. The molecule has 3 aromatic rings. The van der Waals surface area contributed by atoms with E-state index < -0.39 is 0 Å². The van der Waals surface area contributed by atoms with Crippen molar-refractivity contribution in [2.45, 2.75) is 53.4 Å². The van der Waals surface area contributed by atoms with Crippen LogP contribution in [0, 0.1) is 11.8 Å². The normalized spacial score (nSPS) is 13.1. The monoisotopic (exact) mass is 492 g/mol. The van der Waals surface area contributed by atoms with E-state index in [-0.39, 0.29) is 5.91 Å². The maximum absolute atomic E-state index is 13.6. The van der Waals surface area contributed by atoms with E-state index in [1.165, 1.54) is 0 Å². The number of aryl methyl sites for hydroxylation is 1. The number of imidazole rings is 1. The molecule has 0 bridgehead atoms. The molecule has 1 aliphatic rings. The lowest BCUT2D eigenvalue weighted by Gasteiger charge is -2.24. The van der Waals surface area contributed by atoms with E-state index in [9.17, 15) is 4.79 Å². The van der Waals surface area contributed by atoms with Crippen LogP contribution in [-0.4, -0.2) is 53.0 Å². The van der Waals surface area contributed by atoms with Crippen LogP contribution < -0.4 is 15.2 Å². The van der Waals surface area contributed by atoms with Crippen LogP contribution in [0.5, 0.6) is 11.5 Å². The SMILES string of the molecule is CC(C)CCN(CCC(C)C)C(=O)c1ccc2nc(-c3ccc4c(c3)OCCO4)c(CCCN)n2c1. The highest BCUT2D eigenvalue weighted by Gasteiger charge is 2.21. The first kappa shape index (κ1) is 26.0. The molecule has 0 radical (unpaired) electrons. The van der Waals surface area contributed by atoms with Crippen LogP contribution in [0.2, 0.25) is 0 Å². The molecule has 1 amide bonds. The summed E-state index contributed by atoms with van der Waals surface area (Å²) in [7, 11) is 0. The van der Waals surface area contributed by atoms with Crippen molar-refractivity contribution in [3.8, 4) is 22.8 Å². The molecule has 0 fully saturated rings. The number of pyridine rings is 1. The molecular formula is C29H40N4O3. The van der Waals surface area contributed by atoms with Crippen LogP contribution in [0.1, 0.15) is 63.0 Å². The molecule has 0 saturated heterocycles. The van der Waals surface area contributed by atoms with E-state index in [2.05, 4.69) is 32.1 Å². The van der Waals surface area contributed by atoms with Crippen LogP contribution in [0.3, 0.4) is 0 Å².